The van der Waals surface area contributed by atoms with Crippen molar-refractivity contribution in [3.63, 3.8) is 0 Å². The van der Waals surface area contributed by atoms with Gasteiger partial charge in [0.15, 0.2) is 0 Å². The van der Waals surface area contributed by atoms with Crippen LogP contribution in [0.15, 0.2) is 60.7 Å². The Morgan fingerprint density at radius 2 is 1.45 bits per heavy atom. The van der Waals surface area contributed by atoms with Gasteiger partial charge in [-0.25, -0.2) is 0 Å². The molecule has 1 fully saturated rings. The van der Waals surface area contributed by atoms with Crippen LogP contribution in [0.2, 0.25) is 0 Å². The summed E-state index contributed by atoms with van der Waals surface area (Å²) < 4.78 is 0. The maximum atomic E-state index is 3.78. The van der Waals surface area contributed by atoms with Crippen LogP contribution in [0.4, 0.5) is 0 Å². The van der Waals surface area contributed by atoms with Crippen LogP contribution in [0.5, 0.6) is 0 Å². The average Bonchev–Trinajstić information content (AvgIpc) is 2.82. The van der Waals surface area contributed by atoms with E-state index in [1.807, 2.05) is 0 Å². The summed E-state index contributed by atoms with van der Waals surface area (Å²) >= 11 is 2.09. The molecule has 1 N–H and O–H groups in total. The van der Waals surface area contributed by atoms with Gasteiger partial charge in [-0.2, -0.15) is 0 Å². The fraction of sp³-hybridized carbons (Fsp3) is 0.333. The van der Waals surface area contributed by atoms with Crippen molar-refractivity contribution in [1.82, 2.24) is 5.32 Å². The molecule has 0 aromatic heterocycles. The van der Waals surface area contributed by atoms with E-state index < -0.39 is 0 Å². The Morgan fingerprint density at radius 1 is 0.950 bits per heavy atom. The molecule has 2 aromatic rings. The molecule has 3 rings (SSSR count). The van der Waals surface area contributed by atoms with Crippen LogP contribution in [0.25, 0.3) is 0 Å². The van der Waals surface area contributed by atoms with Gasteiger partial charge < -0.3 is 5.32 Å². The van der Waals surface area contributed by atoms with Crippen molar-refractivity contribution < 1.29 is 0 Å². The third-order valence-corrected chi connectivity index (χ3v) is 5.26. The highest BCUT2D eigenvalue weighted by Crippen LogP contribution is 2.38. The lowest BCUT2D eigenvalue weighted by Crippen LogP contribution is -2.41. The van der Waals surface area contributed by atoms with E-state index in [0.29, 0.717) is 5.25 Å². The number of nitrogens with one attached hydrogen (secondary N) is 1. The molecule has 1 saturated heterocycles. The third kappa shape index (κ3) is 3.25. The molecule has 104 valence electrons. The Morgan fingerprint density at radius 3 is 1.85 bits per heavy atom. The van der Waals surface area contributed by atoms with Gasteiger partial charge in [0.25, 0.3) is 0 Å². The number of hydrogen-bond donors (Lipinski definition) is 1. The second-order valence-corrected chi connectivity index (χ2v) is 7.45. The highest BCUT2D eigenvalue weighted by Gasteiger charge is 2.37. The molecule has 20 heavy (non-hydrogen) atoms. The number of hydrogen-bond acceptors (Lipinski definition) is 2. The van der Waals surface area contributed by atoms with Gasteiger partial charge in [-0.15, -0.1) is 11.8 Å². The first-order valence-electron chi connectivity index (χ1n) is 7.26. The molecule has 0 radical (unpaired) electrons. The van der Waals surface area contributed by atoms with Gasteiger partial charge >= 0.3 is 0 Å². The Kier molecular flexibility index (Phi) is 4.13. The second kappa shape index (κ2) is 6.02. The molecule has 1 heterocycles. The van der Waals surface area contributed by atoms with Crippen molar-refractivity contribution in [2.24, 2.45) is 0 Å². The Bertz CT molecular complexity index is 496. The zero-order valence-corrected chi connectivity index (χ0v) is 12.7. The predicted molar refractivity (Wildman–Crippen MR) is 88.1 cm³/mol. The molecule has 2 aromatic carbocycles. The second-order valence-electron chi connectivity index (χ2n) is 5.63. The number of rotatable bonds is 4. The van der Waals surface area contributed by atoms with Gasteiger partial charge in [-0.3, -0.25) is 0 Å². The van der Waals surface area contributed by atoms with Crippen molar-refractivity contribution in [2.75, 3.05) is 6.54 Å². The van der Waals surface area contributed by atoms with Gasteiger partial charge in [-0.05, 0) is 11.1 Å². The Balaban J connectivity index is 1.82. The fourth-order valence-electron chi connectivity index (χ4n) is 2.92. The quantitative estimate of drug-likeness (QED) is 0.913. The van der Waals surface area contributed by atoms with Gasteiger partial charge in [0.05, 0.1) is 4.87 Å². The molecule has 1 nitrogen and oxygen atoms in total. The van der Waals surface area contributed by atoms with Crippen LogP contribution >= 0.6 is 11.8 Å². The van der Waals surface area contributed by atoms with Gasteiger partial charge in [0, 0.05) is 24.6 Å². The first kappa shape index (κ1) is 13.7. The summed E-state index contributed by atoms with van der Waals surface area (Å²) in [5.74, 6) is 0. The van der Waals surface area contributed by atoms with E-state index in [-0.39, 0.29) is 4.87 Å². The van der Waals surface area contributed by atoms with E-state index in [1.165, 1.54) is 11.1 Å². The Labute approximate surface area is 125 Å². The highest BCUT2D eigenvalue weighted by atomic mass is 32.2. The molecule has 1 atom stereocenters. The molecule has 1 unspecified atom stereocenters. The lowest BCUT2D eigenvalue weighted by molar-refractivity contribution is 0.490. The molecule has 1 aliphatic heterocycles. The average molecular weight is 283 g/mol. The topological polar surface area (TPSA) is 12.0 Å². The summed E-state index contributed by atoms with van der Waals surface area (Å²) in [6, 6.07) is 21.6. The van der Waals surface area contributed by atoms with Crippen molar-refractivity contribution >= 4 is 11.8 Å². The van der Waals surface area contributed by atoms with Gasteiger partial charge in [-0.1, -0.05) is 67.6 Å². The van der Waals surface area contributed by atoms with Gasteiger partial charge in [0.2, 0.25) is 0 Å². The molecule has 0 amide bonds. The van der Waals surface area contributed by atoms with Crippen LogP contribution in [0, 0.1) is 0 Å². The highest BCUT2D eigenvalue weighted by molar-refractivity contribution is 8.01. The number of benzene rings is 2. The summed E-state index contributed by atoms with van der Waals surface area (Å²) in [4.78, 5) is 0.141. The van der Waals surface area contributed by atoms with E-state index in [9.17, 15) is 0 Å². The molecule has 0 saturated carbocycles. The normalized spacial score (nSPS) is 20.9. The van der Waals surface area contributed by atoms with Crippen LogP contribution < -0.4 is 5.32 Å². The summed E-state index contributed by atoms with van der Waals surface area (Å²) in [6.45, 7) is 3.42. The molecular formula is C18H21NS. The minimum Gasteiger partial charge on any atom is -0.301 e. The van der Waals surface area contributed by atoms with E-state index >= 15 is 0 Å². The van der Waals surface area contributed by atoms with Crippen molar-refractivity contribution in [3.8, 4) is 0 Å². The Hall–Kier alpha value is -1.25. The first-order valence-corrected chi connectivity index (χ1v) is 8.14. The van der Waals surface area contributed by atoms with Crippen molar-refractivity contribution in [3.05, 3.63) is 71.8 Å². The summed E-state index contributed by atoms with van der Waals surface area (Å²) in [5.41, 5.74) is 2.83. The molecule has 0 spiro atoms. The van der Waals surface area contributed by atoms with Gasteiger partial charge in [0.1, 0.15) is 0 Å². The molecule has 2 heteroatoms. The summed E-state index contributed by atoms with van der Waals surface area (Å²) in [6.07, 6.45) is 2.16. The van der Waals surface area contributed by atoms with Crippen LogP contribution in [0.1, 0.15) is 18.1 Å². The predicted octanol–water partition coefficient (Wildman–Crippen LogP) is 3.89. The number of thioether (sulfide) groups is 1. The molecule has 1 aliphatic rings. The van der Waals surface area contributed by atoms with E-state index in [0.717, 1.165) is 19.4 Å². The van der Waals surface area contributed by atoms with Crippen LogP contribution in [-0.2, 0) is 12.8 Å². The fourth-order valence-corrected chi connectivity index (χ4v) is 4.52. The summed E-state index contributed by atoms with van der Waals surface area (Å²) in [5, 5.41) is 4.46. The minimum absolute atomic E-state index is 0.141. The van der Waals surface area contributed by atoms with E-state index in [1.54, 1.807) is 0 Å². The maximum Gasteiger partial charge on any atom is 0.0730 e. The molecule has 0 aliphatic carbocycles. The lowest BCUT2D eigenvalue weighted by Gasteiger charge is -2.29. The van der Waals surface area contributed by atoms with Crippen molar-refractivity contribution in [2.45, 2.75) is 29.9 Å². The maximum absolute atomic E-state index is 3.78. The zero-order chi connectivity index (χ0) is 13.8. The lowest BCUT2D eigenvalue weighted by atomic mass is 9.98. The zero-order valence-electron chi connectivity index (χ0n) is 11.9. The van der Waals surface area contributed by atoms with E-state index in [4.69, 9.17) is 0 Å². The molecular weight excluding hydrogens is 262 g/mol. The third-order valence-electron chi connectivity index (χ3n) is 3.80. The first-order chi connectivity index (χ1) is 9.76. The molecule has 0 bridgehead atoms. The van der Waals surface area contributed by atoms with Crippen LogP contribution in [-0.4, -0.2) is 16.7 Å². The minimum atomic E-state index is 0.141. The largest absolute Gasteiger partial charge is 0.301 e. The van der Waals surface area contributed by atoms with Crippen LogP contribution in [0.3, 0.4) is 0 Å². The van der Waals surface area contributed by atoms with E-state index in [2.05, 4.69) is 84.7 Å². The summed E-state index contributed by atoms with van der Waals surface area (Å²) in [7, 11) is 0. The smallest absolute Gasteiger partial charge is 0.0730 e. The monoisotopic (exact) mass is 283 g/mol. The SMILES string of the molecule is CC1CNC(Cc2ccccc2)(Cc2ccccc2)S1. The standard InChI is InChI=1S/C18H21NS/c1-15-14-19-18(20-15,12-16-8-4-2-5-9-16)13-17-10-6-3-7-11-17/h2-11,15,19H,12-14H2,1H3. The van der Waals surface area contributed by atoms with Crippen molar-refractivity contribution in [1.29, 1.82) is 0 Å².